The monoisotopic (exact) mass is 327 g/mol. The van der Waals surface area contributed by atoms with Crippen LogP contribution < -0.4 is 10.1 Å². The molecule has 0 aliphatic carbocycles. The highest BCUT2D eigenvalue weighted by atomic mass is 19.1. The predicted molar refractivity (Wildman–Crippen MR) is 84.8 cm³/mol. The Labute approximate surface area is 137 Å². The molecule has 0 unspecified atom stereocenters. The molecular weight excluding hydrogens is 313 g/mol. The number of anilines is 1. The summed E-state index contributed by atoms with van der Waals surface area (Å²) in [6, 6.07) is 13.0. The fraction of sp³-hybridized carbons (Fsp3) is 0.125. The topological polar surface area (TPSA) is 81.9 Å². The molecule has 1 aromatic heterocycles. The largest absolute Gasteiger partial charge is 0.481 e. The number of aromatic nitrogens is 4. The van der Waals surface area contributed by atoms with E-state index in [2.05, 4.69) is 20.8 Å². The van der Waals surface area contributed by atoms with E-state index in [0.717, 1.165) is 5.56 Å². The fourth-order valence-electron chi connectivity index (χ4n) is 2.11. The Morgan fingerprint density at radius 2 is 2.08 bits per heavy atom. The van der Waals surface area contributed by atoms with Crippen molar-refractivity contribution in [2.45, 2.75) is 0 Å². The maximum absolute atomic E-state index is 13.4. The smallest absolute Gasteiger partial charge is 0.262 e. The minimum atomic E-state index is -0.512. The number of hydrogen-bond donors (Lipinski definition) is 1. The minimum Gasteiger partial charge on any atom is -0.481 e. The summed E-state index contributed by atoms with van der Waals surface area (Å²) >= 11 is 0. The first-order valence-corrected chi connectivity index (χ1v) is 7.13. The quantitative estimate of drug-likeness (QED) is 0.775. The molecule has 2 aromatic carbocycles. The SMILES string of the molecule is Cn1nnnc1-c1cccc(NC(=O)COc2ccccc2F)c1. The third kappa shape index (κ3) is 3.54. The number of nitrogens with one attached hydrogen (secondary N) is 1. The van der Waals surface area contributed by atoms with Crippen LogP contribution in [0.2, 0.25) is 0 Å². The Morgan fingerprint density at radius 3 is 2.83 bits per heavy atom. The van der Waals surface area contributed by atoms with E-state index >= 15 is 0 Å². The van der Waals surface area contributed by atoms with Crippen molar-refractivity contribution in [2.24, 2.45) is 7.05 Å². The lowest BCUT2D eigenvalue weighted by molar-refractivity contribution is -0.118. The van der Waals surface area contributed by atoms with Crippen molar-refractivity contribution in [3.63, 3.8) is 0 Å². The summed E-state index contributed by atoms with van der Waals surface area (Å²) in [5.41, 5.74) is 1.33. The molecule has 122 valence electrons. The molecule has 3 aromatic rings. The number of tetrazole rings is 1. The Bertz CT molecular complexity index is 865. The van der Waals surface area contributed by atoms with Crippen LogP contribution in [-0.2, 0) is 11.8 Å². The van der Waals surface area contributed by atoms with E-state index in [1.807, 2.05) is 6.07 Å². The summed E-state index contributed by atoms with van der Waals surface area (Å²) in [6.07, 6.45) is 0. The van der Waals surface area contributed by atoms with Gasteiger partial charge in [0.2, 0.25) is 0 Å². The summed E-state index contributed by atoms with van der Waals surface area (Å²) in [4.78, 5) is 12.0. The van der Waals surface area contributed by atoms with E-state index in [1.54, 1.807) is 37.4 Å². The molecule has 0 bridgehead atoms. The molecule has 0 aliphatic heterocycles. The standard InChI is InChI=1S/C16H14FN5O2/c1-22-16(19-20-21-22)11-5-4-6-12(9-11)18-15(23)10-24-14-8-3-2-7-13(14)17/h2-9H,10H2,1H3,(H,18,23). The summed E-state index contributed by atoms with van der Waals surface area (Å²) in [5.74, 6) is -0.297. The van der Waals surface area contributed by atoms with Crippen LogP contribution in [0.3, 0.4) is 0 Å². The highest BCUT2D eigenvalue weighted by molar-refractivity contribution is 5.92. The molecule has 3 rings (SSSR count). The van der Waals surface area contributed by atoms with Gasteiger partial charge in [0.05, 0.1) is 0 Å². The molecule has 0 radical (unpaired) electrons. The molecule has 0 atom stereocenters. The highest BCUT2D eigenvalue weighted by Crippen LogP contribution is 2.20. The predicted octanol–water partition coefficient (Wildman–Crippen LogP) is 2.03. The number of carbonyl (C=O) groups excluding carboxylic acids is 1. The zero-order chi connectivity index (χ0) is 16.9. The van der Waals surface area contributed by atoms with E-state index in [0.29, 0.717) is 11.5 Å². The van der Waals surface area contributed by atoms with Gasteiger partial charge in [-0.3, -0.25) is 4.79 Å². The van der Waals surface area contributed by atoms with E-state index in [1.165, 1.54) is 16.8 Å². The van der Waals surface area contributed by atoms with Gasteiger partial charge in [0.25, 0.3) is 5.91 Å². The molecule has 7 nitrogen and oxygen atoms in total. The van der Waals surface area contributed by atoms with E-state index in [4.69, 9.17) is 4.74 Å². The maximum Gasteiger partial charge on any atom is 0.262 e. The van der Waals surface area contributed by atoms with E-state index in [9.17, 15) is 9.18 Å². The van der Waals surface area contributed by atoms with Crippen LogP contribution in [0.5, 0.6) is 5.75 Å². The van der Waals surface area contributed by atoms with Crippen molar-refractivity contribution in [1.82, 2.24) is 20.2 Å². The van der Waals surface area contributed by atoms with Gasteiger partial charge >= 0.3 is 0 Å². The van der Waals surface area contributed by atoms with Crippen molar-refractivity contribution in [2.75, 3.05) is 11.9 Å². The van der Waals surface area contributed by atoms with E-state index in [-0.39, 0.29) is 12.4 Å². The summed E-state index contributed by atoms with van der Waals surface area (Å²) in [5, 5.41) is 14.0. The van der Waals surface area contributed by atoms with Crippen molar-refractivity contribution in [3.8, 4) is 17.1 Å². The number of ether oxygens (including phenoxy) is 1. The van der Waals surface area contributed by atoms with Crippen molar-refractivity contribution in [3.05, 3.63) is 54.3 Å². The van der Waals surface area contributed by atoms with Gasteiger partial charge in [-0.1, -0.05) is 24.3 Å². The second kappa shape index (κ2) is 6.86. The number of nitrogens with zero attached hydrogens (tertiary/aromatic N) is 4. The number of carbonyl (C=O) groups is 1. The summed E-state index contributed by atoms with van der Waals surface area (Å²) in [7, 11) is 1.73. The van der Waals surface area contributed by atoms with Crippen LogP contribution in [0.4, 0.5) is 10.1 Å². The average Bonchev–Trinajstić information content (AvgIpc) is 3.00. The second-order valence-corrected chi connectivity index (χ2v) is 4.97. The third-order valence-electron chi connectivity index (χ3n) is 3.22. The molecule has 1 heterocycles. The van der Waals surface area contributed by atoms with Gasteiger partial charge in [-0.15, -0.1) is 5.10 Å². The zero-order valence-corrected chi connectivity index (χ0v) is 12.8. The normalized spacial score (nSPS) is 10.4. The molecule has 24 heavy (non-hydrogen) atoms. The molecule has 8 heteroatoms. The number of hydrogen-bond acceptors (Lipinski definition) is 5. The van der Waals surface area contributed by atoms with Crippen LogP contribution in [0.25, 0.3) is 11.4 Å². The fourth-order valence-corrected chi connectivity index (χ4v) is 2.11. The lowest BCUT2D eigenvalue weighted by Crippen LogP contribution is -2.20. The highest BCUT2D eigenvalue weighted by Gasteiger charge is 2.09. The van der Waals surface area contributed by atoms with Crippen LogP contribution >= 0.6 is 0 Å². The number of aryl methyl sites for hydroxylation is 1. The maximum atomic E-state index is 13.4. The molecule has 0 saturated carbocycles. The van der Waals surface area contributed by atoms with Gasteiger partial charge in [0.1, 0.15) is 0 Å². The second-order valence-electron chi connectivity index (χ2n) is 4.97. The van der Waals surface area contributed by atoms with Crippen molar-refractivity contribution >= 4 is 11.6 Å². The Morgan fingerprint density at radius 1 is 1.25 bits per heavy atom. The first-order chi connectivity index (χ1) is 11.6. The lowest BCUT2D eigenvalue weighted by atomic mass is 10.2. The van der Waals surface area contributed by atoms with Gasteiger partial charge in [-0.25, -0.2) is 9.07 Å². The van der Waals surface area contributed by atoms with Gasteiger partial charge < -0.3 is 10.1 Å². The first kappa shape index (κ1) is 15.6. The summed E-state index contributed by atoms with van der Waals surface area (Å²) in [6.45, 7) is -0.295. The number of benzene rings is 2. The number of amides is 1. The van der Waals surface area contributed by atoms with Gasteiger partial charge in [-0.05, 0) is 34.7 Å². The van der Waals surface area contributed by atoms with Gasteiger partial charge in [-0.2, -0.15) is 0 Å². The number of para-hydroxylation sites is 1. The van der Waals surface area contributed by atoms with Crippen molar-refractivity contribution in [1.29, 1.82) is 0 Å². The average molecular weight is 327 g/mol. The Hall–Kier alpha value is -3.29. The molecule has 1 amide bonds. The Balaban J connectivity index is 1.65. The molecular formula is C16H14FN5O2. The van der Waals surface area contributed by atoms with Gasteiger partial charge in [0.15, 0.2) is 24.0 Å². The Kier molecular flexibility index (Phi) is 4.46. The van der Waals surface area contributed by atoms with Crippen LogP contribution in [0, 0.1) is 5.82 Å². The number of halogens is 1. The first-order valence-electron chi connectivity index (χ1n) is 7.13. The van der Waals surface area contributed by atoms with Crippen molar-refractivity contribution < 1.29 is 13.9 Å². The van der Waals surface area contributed by atoms with Crippen LogP contribution in [-0.4, -0.2) is 32.7 Å². The molecule has 1 N–H and O–H groups in total. The minimum absolute atomic E-state index is 0.0339. The summed E-state index contributed by atoms with van der Waals surface area (Å²) < 4.78 is 20.1. The van der Waals surface area contributed by atoms with E-state index < -0.39 is 11.7 Å². The molecule has 0 fully saturated rings. The van der Waals surface area contributed by atoms with Crippen LogP contribution in [0.1, 0.15) is 0 Å². The molecule has 0 saturated heterocycles. The van der Waals surface area contributed by atoms with Crippen LogP contribution in [0.15, 0.2) is 48.5 Å². The van der Waals surface area contributed by atoms with Gasteiger partial charge in [0, 0.05) is 18.3 Å². The lowest BCUT2D eigenvalue weighted by Gasteiger charge is -2.09. The molecule has 0 aliphatic rings. The third-order valence-corrected chi connectivity index (χ3v) is 3.22. The number of rotatable bonds is 5. The molecule has 0 spiro atoms. The zero-order valence-electron chi connectivity index (χ0n) is 12.8.